The van der Waals surface area contributed by atoms with Crippen LogP contribution in [0.15, 0.2) is 48.8 Å². The molecule has 3 aromatic rings. The fourth-order valence-corrected chi connectivity index (χ4v) is 5.79. The largest absolute Gasteiger partial charge is 0.493 e. The predicted octanol–water partition coefficient (Wildman–Crippen LogP) is 5.46. The van der Waals surface area contributed by atoms with Gasteiger partial charge in [-0.1, -0.05) is 43.0 Å². The zero-order chi connectivity index (χ0) is 25.7. The second-order valence-electron chi connectivity index (χ2n) is 10.4. The SMILES string of the molecule is O=C1NCC2(CCCCCCOc3ccc(Cl)cc31)CCN(C(=O)CCn1cnc3ccccc31)CC2. The van der Waals surface area contributed by atoms with E-state index in [9.17, 15) is 9.59 Å². The summed E-state index contributed by atoms with van der Waals surface area (Å²) in [6.07, 6.45) is 9.46. The fraction of sp³-hybridized carbons (Fsp3) is 0.483. The van der Waals surface area contributed by atoms with Gasteiger partial charge in [0.1, 0.15) is 5.75 Å². The van der Waals surface area contributed by atoms with Gasteiger partial charge in [-0.15, -0.1) is 0 Å². The summed E-state index contributed by atoms with van der Waals surface area (Å²) in [5, 5.41) is 3.70. The Morgan fingerprint density at radius 1 is 1.05 bits per heavy atom. The third-order valence-corrected chi connectivity index (χ3v) is 8.18. The topological polar surface area (TPSA) is 76.5 Å². The zero-order valence-corrected chi connectivity index (χ0v) is 22.0. The molecule has 0 bridgehead atoms. The summed E-state index contributed by atoms with van der Waals surface area (Å²) in [4.78, 5) is 32.6. The van der Waals surface area contributed by atoms with Crippen molar-refractivity contribution in [1.82, 2.24) is 19.8 Å². The number of imidazole rings is 1. The van der Waals surface area contributed by atoms with Crippen LogP contribution in [0.2, 0.25) is 5.02 Å². The number of rotatable bonds is 3. The van der Waals surface area contributed by atoms with E-state index in [1.54, 1.807) is 18.2 Å². The highest BCUT2D eigenvalue weighted by molar-refractivity contribution is 6.31. The maximum Gasteiger partial charge on any atom is 0.255 e. The number of halogens is 1. The number of carbonyl (C=O) groups is 2. The van der Waals surface area contributed by atoms with Crippen molar-refractivity contribution < 1.29 is 14.3 Å². The number of aryl methyl sites for hydroxylation is 1. The number of likely N-dealkylation sites (tertiary alicyclic amines) is 1. The first-order chi connectivity index (χ1) is 18.0. The number of fused-ring (bicyclic) bond motifs is 2. The first-order valence-corrected chi connectivity index (χ1v) is 13.8. The van der Waals surface area contributed by atoms with Crippen molar-refractivity contribution in [2.75, 3.05) is 26.2 Å². The van der Waals surface area contributed by atoms with Crippen molar-refractivity contribution in [3.63, 3.8) is 0 Å². The number of nitrogens with one attached hydrogen (secondary N) is 1. The first kappa shape index (κ1) is 25.6. The maximum atomic E-state index is 13.1. The van der Waals surface area contributed by atoms with E-state index < -0.39 is 0 Å². The lowest BCUT2D eigenvalue weighted by Gasteiger charge is -2.42. The Labute approximate surface area is 223 Å². The van der Waals surface area contributed by atoms with Crippen LogP contribution in [0.5, 0.6) is 5.75 Å². The summed E-state index contributed by atoms with van der Waals surface area (Å²) in [5.41, 5.74) is 2.50. The lowest BCUT2D eigenvalue weighted by molar-refractivity contribution is -0.133. The number of nitrogens with zero attached hydrogens (tertiary/aromatic N) is 3. The van der Waals surface area contributed by atoms with Crippen molar-refractivity contribution in [2.24, 2.45) is 5.41 Å². The van der Waals surface area contributed by atoms with Gasteiger partial charge in [0.2, 0.25) is 5.91 Å². The minimum Gasteiger partial charge on any atom is -0.493 e. The maximum absolute atomic E-state index is 13.1. The van der Waals surface area contributed by atoms with Crippen LogP contribution >= 0.6 is 11.6 Å². The van der Waals surface area contributed by atoms with Gasteiger partial charge in [0.05, 0.1) is 29.5 Å². The third kappa shape index (κ3) is 6.09. The molecule has 1 fully saturated rings. The molecular formula is C29H35ClN4O3. The average Bonchev–Trinajstić information content (AvgIpc) is 3.34. The first-order valence-electron chi connectivity index (χ1n) is 13.4. The number of hydrogen-bond acceptors (Lipinski definition) is 4. The molecule has 0 aliphatic carbocycles. The molecular weight excluding hydrogens is 488 g/mol. The van der Waals surface area contributed by atoms with Gasteiger partial charge >= 0.3 is 0 Å². The highest BCUT2D eigenvalue weighted by Crippen LogP contribution is 2.37. The van der Waals surface area contributed by atoms with Crippen LogP contribution in [0, 0.1) is 5.41 Å². The number of amides is 2. The molecule has 0 unspecified atom stereocenters. The van der Waals surface area contributed by atoms with Crippen LogP contribution < -0.4 is 10.1 Å². The highest BCUT2D eigenvalue weighted by Gasteiger charge is 2.36. The highest BCUT2D eigenvalue weighted by atomic mass is 35.5. The third-order valence-electron chi connectivity index (χ3n) is 7.94. The quantitative estimate of drug-likeness (QED) is 0.495. The van der Waals surface area contributed by atoms with Crippen molar-refractivity contribution in [1.29, 1.82) is 0 Å². The van der Waals surface area contributed by atoms with Gasteiger partial charge in [-0.2, -0.15) is 0 Å². The Bertz CT molecular complexity index is 1250. The number of benzene rings is 2. The van der Waals surface area contributed by atoms with Gasteiger partial charge < -0.3 is 19.5 Å². The van der Waals surface area contributed by atoms with Crippen molar-refractivity contribution in [3.05, 3.63) is 59.4 Å². The second kappa shape index (κ2) is 11.5. The van der Waals surface area contributed by atoms with Gasteiger partial charge in [0, 0.05) is 37.6 Å². The molecule has 1 spiro atoms. The van der Waals surface area contributed by atoms with E-state index in [4.69, 9.17) is 16.3 Å². The molecule has 5 rings (SSSR count). The van der Waals surface area contributed by atoms with Gasteiger partial charge in [-0.05, 0) is 61.4 Å². The van der Waals surface area contributed by atoms with Crippen molar-refractivity contribution in [3.8, 4) is 5.75 Å². The lowest BCUT2D eigenvalue weighted by atomic mass is 9.74. The summed E-state index contributed by atoms with van der Waals surface area (Å²) < 4.78 is 7.96. The Morgan fingerprint density at radius 3 is 2.73 bits per heavy atom. The van der Waals surface area contributed by atoms with E-state index in [2.05, 4.69) is 14.9 Å². The smallest absolute Gasteiger partial charge is 0.255 e. The number of piperidine rings is 1. The van der Waals surface area contributed by atoms with E-state index in [0.717, 1.165) is 69.1 Å². The number of hydrogen-bond donors (Lipinski definition) is 1. The minimum atomic E-state index is -0.151. The molecule has 3 heterocycles. The number of para-hydroxylation sites is 2. The summed E-state index contributed by atoms with van der Waals surface area (Å²) in [5.74, 6) is 0.616. The van der Waals surface area contributed by atoms with E-state index in [0.29, 0.717) is 42.5 Å². The van der Waals surface area contributed by atoms with Crippen LogP contribution in [0.4, 0.5) is 0 Å². The van der Waals surface area contributed by atoms with Crippen LogP contribution in [-0.4, -0.2) is 52.5 Å². The Hall–Kier alpha value is -3.06. The molecule has 7 nitrogen and oxygen atoms in total. The standard InChI is InChI=1S/C29H35ClN4O3/c30-22-9-10-26-23(19-22)28(36)31-20-29(12-5-1-2-6-18-37-26)13-16-33(17-14-29)27(35)11-15-34-21-32-24-7-3-4-8-25(24)34/h3-4,7-10,19,21H,1-2,5-6,11-18,20H2,(H,31,36). The van der Waals surface area contributed by atoms with Crippen LogP contribution in [0.1, 0.15) is 61.7 Å². The summed E-state index contributed by atoms with van der Waals surface area (Å²) in [6.45, 7) is 3.27. The van der Waals surface area contributed by atoms with Gasteiger partial charge in [-0.3, -0.25) is 9.59 Å². The normalized spacial score (nSPS) is 18.7. The zero-order valence-electron chi connectivity index (χ0n) is 21.3. The Balaban J connectivity index is 1.21. The fourth-order valence-electron chi connectivity index (χ4n) is 5.61. The molecule has 0 radical (unpaired) electrons. The van der Waals surface area contributed by atoms with E-state index >= 15 is 0 Å². The summed E-state index contributed by atoms with van der Waals surface area (Å²) in [6, 6.07) is 13.2. The Morgan fingerprint density at radius 2 is 1.86 bits per heavy atom. The Kier molecular flexibility index (Phi) is 7.99. The number of aromatic nitrogens is 2. The average molecular weight is 523 g/mol. The van der Waals surface area contributed by atoms with Gasteiger partial charge in [0.25, 0.3) is 5.91 Å². The molecule has 8 heteroatoms. The molecule has 2 aromatic carbocycles. The van der Waals surface area contributed by atoms with Crippen LogP contribution in [0.25, 0.3) is 11.0 Å². The van der Waals surface area contributed by atoms with Gasteiger partial charge in [-0.25, -0.2) is 4.98 Å². The molecule has 1 saturated heterocycles. The molecule has 0 atom stereocenters. The molecule has 37 heavy (non-hydrogen) atoms. The number of carbonyl (C=O) groups excluding carboxylic acids is 2. The lowest BCUT2D eigenvalue weighted by Crippen LogP contribution is -2.48. The monoisotopic (exact) mass is 522 g/mol. The second-order valence-corrected chi connectivity index (χ2v) is 10.8. The number of ether oxygens (including phenoxy) is 1. The van der Waals surface area contributed by atoms with Gasteiger partial charge in [0.15, 0.2) is 0 Å². The molecule has 196 valence electrons. The predicted molar refractivity (Wildman–Crippen MR) is 145 cm³/mol. The minimum absolute atomic E-state index is 0.000635. The van der Waals surface area contributed by atoms with Crippen molar-refractivity contribution in [2.45, 2.75) is 57.9 Å². The van der Waals surface area contributed by atoms with E-state index in [1.165, 1.54) is 0 Å². The molecule has 2 amide bonds. The van der Waals surface area contributed by atoms with Crippen LogP contribution in [0.3, 0.4) is 0 Å². The molecule has 0 saturated carbocycles. The summed E-state index contributed by atoms with van der Waals surface area (Å²) >= 11 is 6.19. The molecule has 1 aromatic heterocycles. The summed E-state index contributed by atoms with van der Waals surface area (Å²) in [7, 11) is 0. The molecule has 2 aliphatic rings. The van der Waals surface area contributed by atoms with E-state index in [-0.39, 0.29) is 17.2 Å². The molecule has 1 N–H and O–H groups in total. The van der Waals surface area contributed by atoms with Crippen molar-refractivity contribution >= 4 is 34.4 Å². The molecule has 2 aliphatic heterocycles. The van der Waals surface area contributed by atoms with E-state index in [1.807, 2.05) is 35.5 Å². The van der Waals surface area contributed by atoms with Crippen LogP contribution in [-0.2, 0) is 11.3 Å².